The molecule has 2 aromatic rings. The van der Waals surface area contributed by atoms with Gasteiger partial charge in [-0.25, -0.2) is 0 Å². The van der Waals surface area contributed by atoms with Crippen LogP contribution >= 0.6 is 0 Å². The zero-order valence-electron chi connectivity index (χ0n) is 16.6. The summed E-state index contributed by atoms with van der Waals surface area (Å²) in [7, 11) is 0. The molecule has 0 spiro atoms. The van der Waals surface area contributed by atoms with Crippen molar-refractivity contribution in [3.8, 4) is 0 Å². The summed E-state index contributed by atoms with van der Waals surface area (Å²) < 4.78 is 5.55. The molecular weight excluding hydrogens is 322 g/mol. The first-order valence-electron chi connectivity index (χ1n) is 9.44. The summed E-state index contributed by atoms with van der Waals surface area (Å²) in [5, 5.41) is 5.48. The number of nitrogens with one attached hydrogen (secondary N) is 1. The highest BCUT2D eigenvalue weighted by Gasteiger charge is 2.22. The number of carbonyl (C=O) groups excluding carboxylic acids is 1. The van der Waals surface area contributed by atoms with Crippen LogP contribution in [0.1, 0.15) is 51.2 Å². The average Bonchev–Trinajstić information content (AvgIpc) is 2.59. The number of hydrogen-bond acceptors (Lipinski definition) is 2. The topological polar surface area (TPSA) is 38.3 Å². The second-order valence-electron chi connectivity index (χ2n) is 7.42. The van der Waals surface area contributed by atoms with E-state index in [1.807, 2.05) is 19.9 Å². The maximum Gasteiger partial charge on any atom is 0.227 e. The van der Waals surface area contributed by atoms with Gasteiger partial charge in [-0.2, -0.15) is 0 Å². The molecule has 0 saturated carbocycles. The lowest BCUT2D eigenvalue weighted by atomic mass is 9.95. The molecule has 1 amide bonds. The van der Waals surface area contributed by atoms with E-state index in [1.54, 1.807) is 0 Å². The van der Waals surface area contributed by atoms with Gasteiger partial charge in [0.2, 0.25) is 5.91 Å². The van der Waals surface area contributed by atoms with Crippen LogP contribution in [-0.2, 0) is 9.53 Å². The molecule has 2 atom stereocenters. The van der Waals surface area contributed by atoms with E-state index in [9.17, 15) is 4.79 Å². The summed E-state index contributed by atoms with van der Waals surface area (Å²) in [6.45, 7) is 14.8. The Bertz CT molecular complexity index is 779. The third-order valence-electron chi connectivity index (χ3n) is 4.66. The van der Waals surface area contributed by atoms with Gasteiger partial charge in [0.25, 0.3) is 0 Å². The maximum absolute atomic E-state index is 12.8. The lowest BCUT2D eigenvalue weighted by molar-refractivity contribution is -0.123. The van der Waals surface area contributed by atoms with Gasteiger partial charge >= 0.3 is 0 Å². The molecule has 0 saturated heterocycles. The summed E-state index contributed by atoms with van der Waals surface area (Å²) in [6.07, 6.45) is 0.814. The molecule has 0 bridgehead atoms. The summed E-state index contributed by atoms with van der Waals surface area (Å²) in [5.41, 5.74) is 2.26. The Balaban J connectivity index is 2.16. The second kappa shape index (κ2) is 8.88. The minimum Gasteiger partial charge on any atom is -0.497 e. The van der Waals surface area contributed by atoms with Gasteiger partial charge < -0.3 is 10.1 Å². The van der Waals surface area contributed by atoms with Gasteiger partial charge in [0.15, 0.2) is 0 Å². The molecule has 2 unspecified atom stereocenters. The van der Waals surface area contributed by atoms with Crippen LogP contribution in [0, 0.1) is 12.8 Å². The van der Waals surface area contributed by atoms with Crippen molar-refractivity contribution in [1.29, 1.82) is 0 Å². The molecular formula is C23H31NO2. The Labute approximate surface area is 157 Å². The van der Waals surface area contributed by atoms with Crippen LogP contribution in [0.25, 0.3) is 10.8 Å². The number of rotatable bonds is 8. The minimum absolute atomic E-state index is 0.00275. The molecule has 1 N–H and O–H groups in total. The first-order valence-corrected chi connectivity index (χ1v) is 9.44. The number of carbonyl (C=O) groups is 1. The van der Waals surface area contributed by atoms with Gasteiger partial charge in [-0.3, -0.25) is 4.79 Å². The molecule has 0 aliphatic heterocycles. The van der Waals surface area contributed by atoms with Gasteiger partial charge in [-0.15, -0.1) is 0 Å². The summed E-state index contributed by atoms with van der Waals surface area (Å²) in [6, 6.07) is 12.4. The van der Waals surface area contributed by atoms with E-state index in [0.29, 0.717) is 18.3 Å². The average molecular weight is 354 g/mol. The SMILES string of the molecule is C=C(OCC)C(CC(C)C)NC(=O)C(C)c1ccc2cc(C)ccc2c1. The van der Waals surface area contributed by atoms with Gasteiger partial charge in [-0.05, 0) is 49.4 Å². The zero-order valence-corrected chi connectivity index (χ0v) is 16.6. The molecule has 2 rings (SSSR count). The van der Waals surface area contributed by atoms with Gasteiger partial charge in [0.1, 0.15) is 5.76 Å². The van der Waals surface area contributed by atoms with Crippen molar-refractivity contribution in [3.63, 3.8) is 0 Å². The minimum atomic E-state index is -0.232. The van der Waals surface area contributed by atoms with E-state index in [-0.39, 0.29) is 17.9 Å². The highest BCUT2D eigenvalue weighted by Crippen LogP contribution is 2.23. The fourth-order valence-electron chi connectivity index (χ4n) is 3.13. The smallest absolute Gasteiger partial charge is 0.227 e. The van der Waals surface area contributed by atoms with Gasteiger partial charge in [0, 0.05) is 0 Å². The van der Waals surface area contributed by atoms with Crippen molar-refractivity contribution < 1.29 is 9.53 Å². The first kappa shape index (κ1) is 20.0. The van der Waals surface area contributed by atoms with Crippen molar-refractivity contribution in [2.24, 2.45) is 5.92 Å². The quantitative estimate of drug-likeness (QED) is 0.651. The molecule has 26 heavy (non-hydrogen) atoms. The molecule has 3 heteroatoms. The van der Waals surface area contributed by atoms with Crippen LogP contribution in [0.5, 0.6) is 0 Å². The number of ether oxygens (including phenoxy) is 1. The normalized spacial score (nSPS) is 13.5. The van der Waals surface area contributed by atoms with E-state index in [1.165, 1.54) is 10.9 Å². The predicted octanol–water partition coefficient (Wildman–Crippen LogP) is 5.33. The van der Waals surface area contributed by atoms with Crippen LogP contribution in [0.2, 0.25) is 0 Å². The monoisotopic (exact) mass is 353 g/mol. The molecule has 3 nitrogen and oxygen atoms in total. The largest absolute Gasteiger partial charge is 0.497 e. The standard InChI is InChI=1S/C23H31NO2/c1-7-26-18(6)22(12-15(2)3)24-23(25)17(5)19-10-11-20-13-16(4)8-9-21(20)14-19/h8-11,13-15,17,22H,6-7,12H2,1-5H3,(H,24,25). The predicted molar refractivity (Wildman–Crippen MR) is 109 cm³/mol. The van der Waals surface area contributed by atoms with Gasteiger partial charge in [0.05, 0.1) is 18.6 Å². The van der Waals surface area contributed by atoms with Crippen molar-refractivity contribution in [3.05, 3.63) is 59.9 Å². The number of aryl methyl sites for hydroxylation is 1. The van der Waals surface area contributed by atoms with Crippen molar-refractivity contribution in [2.45, 2.75) is 53.0 Å². The molecule has 0 fully saturated rings. The Hall–Kier alpha value is -2.29. The Morgan fingerprint density at radius 2 is 1.77 bits per heavy atom. The highest BCUT2D eigenvalue weighted by atomic mass is 16.5. The van der Waals surface area contributed by atoms with Crippen molar-refractivity contribution in [2.75, 3.05) is 6.61 Å². The molecule has 2 aromatic carbocycles. The van der Waals surface area contributed by atoms with Gasteiger partial charge in [-0.1, -0.05) is 62.4 Å². The fourth-order valence-corrected chi connectivity index (χ4v) is 3.13. The lowest BCUT2D eigenvalue weighted by Crippen LogP contribution is -2.39. The molecule has 0 aromatic heterocycles. The van der Waals surface area contributed by atoms with E-state index in [2.05, 4.69) is 63.0 Å². The van der Waals surface area contributed by atoms with Crippen LogP contribution in [0.15, 0.2) is 48.7 Å². The third-order valence-corrected chi connectivity index (χ3v) is 4.66. The number of benzene rings is 2. The van der Waals surface area contributed by atoms with E-state index >= 15 is 0 Å². The van der Waals surface area contributed by atoms with Crippen molar-refractivity contribution in [1.82, 2.24) is 5.32 Å². The fraction of sp³-hybridized carbons (Fsp3) is 0.435. The lowest BCUT2D eigenvalue weighted by Gasteiger charge is -2.24. The molecule has 0 radical (unpaired) electrons. The Kier molecular flexibility index (Phi) is 6.84. The second-order valence-corrected chi connectivity index (χ2v) is 7.42. The van der Waals surface area contributed by atoms with E-state index in [0.717, 1.165) is 17.4 Å². The van der Waals surface area contributed by atoms with Crippen LogP contribution < -0.4 is 5.32 Å². The molecule has 0 heterocycles. The first-order chi connectivity index (χ1) is 12.3. The third kappa shape index (κ3) is 5.10. The molecule has 140 valence electrons. The summed E-state index contributed by atoms with van der Waals surface area (Å²) >= 11 is 0. The summed E-state index contributed by atoms with van der Waals surface area (Å²) in [4.78, 5) is 12.8. The van der Waals surface area contributed by atoms with Crippen molar-refractivity contribution >= 4 is 16.7 Å². The Morgan fingerprint density at radius 3 is 2.42 bits per heavy atom. The van der Waals surface area contributed by atoms with Crippen LogP contribution in [-0.4, -0.2) is 18.6 Å². The van der Waals surface area contributed by atoms with E-state index in [4.69, 9.17) is 4.74 Å². The highest BCUT2D eigenvalue weighted by molar-refractivity contribution is 5.88. The molecule has 0 aliphatic rings. The maximum atomic E-state index is 12.8. The van der Waals surface area contributed by atoms with Crippen LogP contribution in [0.4, 0.5) is 0 Å². The van der Waals surface area contributed by atoms with Crippen LogP contribution in [0.3, 0.4) is 0 Å². The Morgan fingerprint density at radius 1 is 1.12 bits per heavy atom. The number of amides is 1. The molecule has 0 aliphatic carbocycles. The van der Waals surface area contributed by atoms with E-state index < -0.39 is 0 Å². The zero-order chi connectivity index (χ0) is 19.3. The number of hydrogen-bond donors (Lipinski definition) is 1. The number of fused-ring (bicyclic) bond motifs is 1. The summed E-state index contributed by atoms with van der Waals surface area (Å²) in [5.74, 6) is 0.847.